The van der Waals surface area contributed by atoms with Crippen molar-refractivity contribution < 1.29 is 13.2 Å². The van der Waals surface area contributed by atoms with E-state index in [1.165, 1.54) is 6.92 Å². The van der Waals surface area contributed by atoms with Gasteiger partial charge in [0, 0.05) is 6.92 Å². The zero-order chi connectivity index (χ0) is 12.6. The van der Waals surface area contributed by atoms with Gasteiger partial charge in [-0.1, -0.05) is 44.2 Å². The molecule has 5 heteroatoms. The highest BCUT2D eigenvalue weighted by Crippen LogP contribution is 2.03. The van der Waals surface area contributed by atoms with Crippen LogP contribution in [0.4, 0.5) is 0 Å². The molecule has 0 radical (unpaired) electrons. The van der Waals surface area contributed by atoms with E-state index in [-0.39, 0.29) is 5.75 Å². The first kappa shape index (κ1) is 14.6. The number of nitrogens with one attached hydrogen (secondary N) is 1. The average Bonchev–Trinajstić information content (AvgIpc) is 2.19. The molecule has 0 heterocycles. The second kappa shape index (κ2) is 7.00. The van der Waals surface area contributed by atoms with Crippen molar-refractivity contribution in [1.82, 2.24) is 4.72 Å². The van der Waals surface area contributed by atoms with E-state index < -0.39 is 15.9 Å². The van der Waals surface area contributed by atoms with Gasteiger partial charge in [-0.3, -0.25) is 9.52 Å². The van der Waals surface area contributed by atoms with Crippen LogP contribution in [0.3, 0.4) is 0 Å². The largest absolute Gasteiger partial charge is 0.274 e. The monoisotopic (exact) mass is 243 g/mol. The van der Waals surface area contributed by atoms with E-state index in [2.05, 4.69) is 0 Å². The molecule has 0 fully saturated rings. The Balaban J connectivity index is 0.00000106. The predicted molar refractivity (Wildman–Crippen MR) is 64.2 cm³/mol. The van der Waals surface area contributed by atoms with Gasteiger partial charge in [-0.15, -0.1) is 0 Å². The van der Waals surface area contributed by atoms with Crippen LogP contribution in [0.25, 0.3) is 0 Å². The van der Waals surface area contributed by atoms with E-state index in [0.29, 0.717) is 5.56 Å². The van der Waals surface area contributed by atoms with Crippen molar-refractivity contribution in [1.29, 1.82) is 0 Å². The molecule has 1 amide bonds. The molecule has 0 aliphatic rings. The standard InChI is InChI=1S/C9H11NO3S.C2H6/c1-8(11)10-14(12,13)7-9-5-3-2-4-6-9;1-2/h2-6H,7H2,1H3,(H,10,11);1-2H3. The van der Waals surface area contributed by atoms with Gasteiger partial charge in [0.1, 0.15) is 0 Å². The van der Waals surface area contributed by atoms with Crippen LogP contribution >= 0.6 is 0 Å². The topological polar surface area (TPSA) is 63.2 Å². The van der Waals surface area contributed by atoms with Crippen molar-refractivity contribution in [3.8, 4) is 0 Å². The van der Waals surface area contributed by atoms with E-state index in [1.54, 1.807) is 30.3 Å². The van der Waals surface area contributed by atoms with Gasteiger partial charge in [0.05, 0.1) is 5.75 Å². The van der Waals surface area contributed by atoms with E-state index >= 15 is 0 Å². The SMILES string of the molecule is CC.CC(=O)NS(=O)(=O)Cc1ccccc1. The number of rotatable bonds is 3. The molecule has 0 aliphatic heterocycles. The lowest BCUT2D eigenvalue weighted by atomic mass is 10.2. The maximum atomic E-state index is 11.3. The van der Waals surface area contributed by atoms with Crippen molar-refractivity contribution in [3.05, 3.63) is 35.9 Å². The summed E-state index contributed by atoms with van der Waals surface area (Å²) in [6.45, 7) is 5.17. The highest BCUT2D eigenvalue weighted by atomic mass is 32.2. The molecule has 0 aliphatic carbocycles. The second-order valence-electron chi connectivity index (χ2n) is 2.90. The first-order valence-electron chi connectivity index (χ1n) is 5.04. The molecule has 0 aromatic heterocycles. The zero-order valence-electron chi connectivity index (χ0n) is 9.73. The fourth-order valence-electron chi connectivity index (χ4n) is 1.05. The van der Waals surface area contributed by atoms with Crippen molar-refractivity contribution in [2.45, 2.75) is 26.5 Å². The summed E-state index contributed by atoms with van der Waals surface area (Å²) in [6, 6.07) is 8.69. The predicted octanol–water partition coefficient (Wildman–Crippen LogP) is 1.68. The maximum Gasteiger partial charge on any atom is 0.239 e. The van der Waals surface area contributed by atoms with Crippen molar-refractivity contribution in [2.24, 2.45) is 0 Å². The first-order valence-corrected chi connectivity index (χ1v) is 6.70. The van der Waals surface area contributed by atoms with Gasteiger partial charge in [-0.2, -0.15) is 0 Å². The summed E-state index contributed by atoms with van der Waals surface area (Å²) in [7, 11) is -3.53. The minimum Gasteiger partial charge on any atom is -0.274 e. The molecule has 1 N–H and O–H groups in total. The quantitative estimate of drug-likeness (QED) is 0.878. The van der Waals surface area contributed by atoms with Gasteiger partial charge in [-0.05, 0) is 5.56 Å². The average molecular weight is 243 g/mol. The van der Waals surface area contributed by atoms with E-state index in [9.17, 15) is 13.2 Å². The lowest BCUT2D eigenvalue weighted by Gasteiger charge is -2.03. The maximum absolute atomic E-state index is 11.3. The number of hydrogen-bond acceptors (Lipinski definition) is 3. The third-order valence-electron chi connectivity index (χ3n) is 1.50. The summed E-state index contributed by atoms with van der Waals surface area (Å²) in [4.78, 5) is 10.6. The summed E-state index contributed by atoms with van der Waals surface area (Å²) in [6.07, 6.45) is 0. The third-order valence-corrected chi connectivity index (χ3v) is 2.81. The molecule has 0 saturated heterocycles. The Hall–Kier alpha value is -1.36. The highest BCUT2D eigenvalue weighted by Gasteiger charge is 2.11. The van der Waals surface area contributed by atoms with E-state index in [4.69, 9.17) is 0 Å². The molecule has 4 nitrogen and oxygen atoms in total. The number of carbonyl (C=O) groups is 1. The van der Waals surface area contributed by atoms with Crippen LogP contribution in [0.15, 0.2) is 30.3 Å². The van der Waals surface area contributed by atoms with E-state index in [0.717, 1.165) is 0 Å². The van der Waals surface area contributed by atoms with Gasteiger partial charge in [-0.25, -0.2) is 8.42 Å². The minimum atomic E-state index is -3.53. The summed E-state index contributed by atoms with van der Waals surface area (Å²) in [5, 5.41) is 0. The Morgan fingerprint density at radius 2 is 1.69 bits per heavy atom. The zero-order valence-corrected chi connectivity index (χ0v) is 10.5. The third kappa shape index (κ3) is 6.19. The molecule has 0 spiro atoms. The fourth-order valence-corrected chi connectivity index (χ4v) is 2.19. The van der Waals surface area contributed by atoms with Crippen LogP contribution in [0.1, 0.15) is 26.3 Å². The van der Waals surface area contributed by atoms with Gasteiger partial charge in [0.15, 0.2) is 0 Å². The minimum absolute atomic E-state index is 0.173. The smallest absolute Gasteiger partial charge is 0.239 e. The van der Waals surface area contributed by atoms with Gasteiger partial charge in [0.2, 0.25) is 15.9 Å². The lowest BCUT2D eigenvalue weighted by molar-refractivity contribution is -0.117. The van der Waals surface area contributed by atoms with Gasteiger partial charge < -0.3 is 0 Å². The first-order chi connectivity index (χ1) is 7.49. The molecule has 1 rings (SSSR count). The van der Waals surface area contributed by atoms with Crippen LogP contribution in [-0.2, 0) is 20.6 Å². The molecule has 0 atom stereocenters. The summed E-state index contributed by atoms with van der Waals surface area (Å²) in [5.74, 6) is -0.742. The molecule has 1 aromatic carbocycles. The summed E-state index contributed by atoms with van der Waals surface area (Å²) in [5.41, 5.74) is 0.654. The van der Waals surface area contributed by atoms with Crippen LogP contribution in [0.2, 0.25) is 0 Å². The molecule has 1 aromatic rings. The molecule has 16 heavy (non-hydrogen) atoms. The van der Waals surface area contributed by atoms with Crippen LogP contribution in [-0.4, -0.2) is 14.3 Å². The second-order valence-corrected chi connectivity index (χ2v) is 4.63. The molecule has 0 saturated carbocycles. The van der Waals surface area contributed by atoms with Crippen molar-refractivity contribution in [3.63, 3.8) is 0 Å². The molecule has 0 unspecified atom stereocenters. The molecular formula is C11H17NO3S. The van der Waals surface area contributed by atoms with Crippen molar-refractivity contribution >= 4 is 15.9 Å². The van der Waals surface area contributed by atoms with Crippen molar-refractivity contribution in [2.75, 3.05) is 0 Å². The Morgan fingerprint density at radius 3 is 2.12 bits per heavy atom. The fraction of sp³-hybridized carbons (Fsp3) is 0.364. The Labute approximate surface area is 96.7 Å². The summed E-state index contributed by atoms with van der Waals surface area (Å²) < 4.78 is 24.5. The lowest BCUT2D eigenvalue weighted by Crippen LogP contribution is -2.29. The summed E-state index contributed by atoms with van der Waals surface area (Å²) >= 11 is 0. The number of amides is 1. The molecule has 0 bridgehead atoms. The number of benzene rings is 1. The normalized spacial score (nSPS) is 9.94. The van der Waals surface area contributed by atoms with Gasteiger partial charge >= 0.3 is 0 Å². The number of sulfonamides is 1. The molecule has 90 valence electrons. The Kier molecular flexibility index (Phi) is 6.41. The van der Waals surface area contributed by atoms with Crippen LogP contribution in [0.5, 0.6) is 0 Å². The Morgan fingerprint density at radius 1 is 1.19 bits per heavy atom. The Bertz CT molecular complexity index is 412. The van der Waals surface area contributed by atoms with Crippen LogP contribution in [0, 0.1) is 0 Å². The number of carbonyl (C=O) groups excluding carboxylic acids is 1. The van der Waals surface area contributed by atoms with Gasteiger partial charge in [0.25, 0.3) is 0 Å². The highest BCUT2D eigenvalue weighted by molar-refractivity contribution is 7.89. The number of hydrogen-bond donors (Lipinski definition) is 1. The van der Waals surface area contributed by atoms with Crippen LogP contribution < -0.4 is 4.72 Å². The van der Waals surface area contributed by atoms with E-state index in [1.807, 2.05) is 18.6 Å². The molecular weight excluding hydrogens is 226 g/mol.